The summed E-state index contributed by atoms with van der Waals surface area (Å²) in [5.41, 5.74) is 7.39. The van der Waals surface area contributed by atoms with Crippen molar-refractivity contribution >= 4 is 35.0 Å². The fraction of sp³-hybridized carbons (Fsp3) is 0.211. The third-order valence-electron chi connectivity index (χ3n) is 7.06. The summed E-state index contributed by atoms with van der Waals surface area (Å²) in [6.07, 6.45) is -1.41. The lowest BCUT2D eigenvalue weighted by molar-refractivity contribution is 0.0551. The topological polar surface area (TPSA) is 124 Å². The Morgan fingerprint density at radius 2 is 0.870 bits per heavy atom. The second-order valence-corrected chi connectivity index (χ2v) is 13.0. The van der Waals surface area contributed by atoms with E-state index in [4.69, 9.17) is 20.3 Å². The number of carbonyl (C=O) groups is 2. The van der Waals surface area contributed by atoms with Gasteiger partial charge in [-0.05, 0) is 98.2 Å². The fourth-order valence-corrected chi connectivity index (χ4v) is 5.36. The number of alkyl carbamates (subject to hydrolysis) is 2. The maximum Gasteiger partial charge on any atom is 0.413 e. The first-order valence-corrected chi connectivity index (χ1v) is 15.0. The highest BCUT2D eigenvalue weighted by Gasteiger charge is 2.28. The molecule has 0 radical (unpaired) electrons. The molecule has 2 amide bonds. The molecule has 0 aromatic heterocycles. The Morgan fingerprint density at radius 3 is 1.24 bits per heavy atom. The van der Waals surface area contributed by atoms with E-state index in [1.807, 2.05) is 60.7 Å². The lowest BCUT2D eigenvalue weighted by atomic mass is 9.87. The number of benzene rings is 4. The zero-order valence-electron chi connectivity index (χ0n) is 26.9. The second-order valence-electron chi connectivity index (χ2n) is 13.0. The molecule has 8 nitrogen and oxygen atoms in total. The van der Waals surface area contributed by atoms with Crippen LogP contribution in [0.4, 0.5) is 9.59 Å². The molecular formula is C38H38N4O4. The monoisotopic (exact) mass is 614 g/mol. The molecular weight excluding hydrogens is 576 g/mol. The van der Waals surface area contributed by atoms with Crippen LogP contribution in [0.15, 0.2) is 97.1 Å². The molecule has 0 atom stereocenters. The van der Waals surface area contributed by atoms with Gasteiger partial charge in [0.05, 0.1) is 0 Å². The van der Waals surface area contributed by atoms with E-state index in [0.717, 1.165) is 44.5 Å². The number of amidine groups is 2. The largest absolute Gasteiger partial charge is 0.444 e. The van der Waals surface area contributed by atoms with Crippen LogP contribution in [-0.2, 0) is 9.47 Å². The fourth-order valence-electron chi connectivity index (χ4n) is 5.36. The summed E-state index contributed by atoms with van der Waals surface area (Å²) in [6.45, 7) is 10.6. The predicted molar refractivity (Wildman–Crippen MR) is 182 cm³/mol. The van der Waals surface area contributed by atoms with Gasteiger partial charge >= 0.3 is 12.2 Å². The second kappa shape index (κ2) is 12.5. The van der Waals surface area contributed by atoms with Gasteiger partial charge in [-0.3, -0.25) is 21.5 Å². The highest BCUT2D eigenvalue weighted by Crippen LogP contribution is 2.48. The Hall–Kier alpha value is -5.50. The van der Waals surface area contributed by atoms with Crippen LogP contribution in [0.3, 0.4) is 0 Å². The number of amides is 2. The van der Waals surface area contributed by atoms with Crippen molar-refractivity contribution in [2.75, 3.05) is 0 Å². The first kappa shape index (κ1) is 31.9. The third kappa shape index (κ3) is 7.24. The minimum absolute atomic E-state index is 0.0928. The standard InChI is InChI=1S/C38H38N4O4/c1-37(2,3)45-35(43)41-33(39)25-15-11-13-23(21-25)31(32-29-19-9-7-17-27(29)28-18-8-10-20-30(28)32)24-14-12-16-26(22-24)34(40)42-36(44)46-38(4,5)6/h7-22H,1-6H3,(H2,39,41,43)(H2,40,42,44). The van der Waals surface area contributed by atoms with E-state index in [9.17, 15) is 9.59 Å². The van der Waals surface area contributed by atoms with Crippen molar-refractivity contribution in [1.29, 1.82) is 10.8 Å². The van der Waals surface area contributed by atoms with Gasteiger partial charge in [0.2, 0.25) is 0 Å². The number of nitrogens with one attached hydrogen (secondary N) is 4. The number of hydrogen-bond acceptors (Lipinski definition) is 6. The van der Waals surface area contributed by atoms with Gasteiger partial charge in [-0.25, -0.2) is 9.59 Å². The Morgan fingerprint density at radius 1 is 0.522 bits per heavy atom. The minimum atomic E-state index is -0.705. The molecule has 1 aliphatic rings. The van der Waals surface area contributed by atoms with Crippen LogP contribution in [0.25, 0.3) is 22.3 Å². The Balaban J connectivity index is 1.65. The maximum atomic E-state index is 12.5. The summed E-state index contributed by atoms with van der Waals surface area (Å²) in [5, 5.41) is 22.4. The van der Waals surface area contributed by atoms with Crippen molar-refractivity contribution in [2.24, 2.45) is 0 Å². The van der Waals surface area contributed by atoms with Crippen LogP contribution >= 0.6 is 0 Å². The molecule has 1 aliphatic carbocycles. The van der Waals surface area contributed by atoms with Crippen LogP contribution in [-0.4, -0.2) is 35.1 Å². The van der Waals surface area contributed by atoms with E-state index in [-0.39, 0.29) is 11.7 Å². The molecule has 0 heterocycles. The number of rotatable bonds is 4. The summed E-state index contributed by atoms with van der Waals surface area (Å²) < 4.78 is 10.7. The number of fused-ring (bicyclic) bond motifs is 3. The molecule has 0 aliphatic heterocycles. The van der Waals surface area contributed by atoms with Crippen molar-refractivity contribution < 1.29 is 19.1 Å². The Kier molecular flexibility index (Phi) is 8.66. The molecule has 234 valence electrons. The van der Waals surface area contributed by atoms with Gasteiger partial charge in [-0.15, -0.1) is 0 Å². The third-order valence-corrected chi connectivity index (χ3v) is 7.06. The zero-order valence-corrected chi connectivity index (χ0v) is 26.9. The Labute approximate surface area is 269 Å². The molecule has 46 heavy (non-hydrogen) atoms. The van der Waals surface area contributed by atoms with E-state index >= 15 is 0 Å². The average molecular weight is 615 g/mol. The molecule has 4 aromatic rings. The van der Waals surface area contributed by atoms with Crippen molar-refractivity contribution in [2.45, 2.75) is 52.7 Å². The molecule has 8 heteroatoms. The van der Waals surface area contributed by atoms with Gasteiger partial charge in [-0.2, -0.15) is 0 Å². The molecule has 4 N–H and O–H groups in total. The van der Waals surface area contributed by atoms with Gasteiger partial charge in [0.25, 0.3) is 0 Å². The van der Waals surface area contributed by atoms with E-state index in [1.165, 1.54) is 0 Å². The number of hydrogen-bond donors (Lipinski definition) is 4. The van der Waals surface area contributed by atoms with Crippen molar-refractivity contribution in [3.05, 3.63) is 130 Å². The predicted octanol–water partition coefficient (Wildman–Crippen LogP) is 8.37. The average Bonchev–Trinajstić information content (AvgIpc) is 3.30. The molecule has 0 fully saturated rings. The van der Waals surface area contributed by atoms with Crippen molar-refractivity contribution in [1.82, 2.24) is 10.6 Å². The zero-order chi connectivity index (χ0) is 33.2. The van der Waals surface area contributed by atoms with E-state index in [1.54, 1.807) is 53.7 Å². The molecule has 0 bridgehead atoms. The van der Waals surface area contributed by atoms with Gasteiger partial charge in [0.15, 0.2) is 0 Å². The Bertz CT molecular complexity index is 1760. The van der Waals surface area contributed by atoms with E-state index < -0.39 is 23.4 Å². The van der Waals surface area contributed by atoms with Crippen molar-refractivity contribution in [3.8, 4) is 11.1 Å². The molecule has 0 saturated heterocycles. The first-order chi connectivity index (χ1) is 21.7. The highest BCUT2D eigenvalue weighted by molar-refractivity contribution is 6.15. The first-order valence-electron chi connectivity index (χ1n) is 15.0. The lowest BCUT2D eigenvalue weighted by Crippen LogP contribution is -2.36. The molecule has 0 saturated carbocycles. The van der Waals surface area contributed by atoms with Crippen LogP contribution < -0.4 is 10.6 Å². The summed E-state index contributed by atoms with van der Waals surface area (Å²) >= 11 is 0. The smallest absolute Gasteiger partial charge is 0.413 e. The van der Waals surface area contributed by atoms with Crippen LogP contribution in [0, 0.1) is 10.8 Å². The van der Waals surface area contributed by atoms with Crippen LogP contribution in [0.1, 0.15) is 74.9 Å². The van der Waals surface area contributed by atoms with E-state index in [0.29, 0.717) is 11.1 Å². The van der Waals surface area contributed by atoms with E-state index in [2.05, 4.69) is 34.9 Å². The molecule has 0 unspecified atom stereocenters. The quantitative estimate of drug-likeness (QED) is 0.120. The van der Waals surface area contributed by atoms with Gasteiger partial charge in [0.1, 0.15) is 22.9 Å². The number of ether oxygens (including phenoxy) is 2. The highest BCUT2D eigenvalue weighted by atomic mass is 16.6. The lowest BCUT2D eigenvalue weighted by Gasteiger charge is -2.20. The normalized spacial score (nSPS) is 12.0. The van der Waals surface area contributed by atoms with Gasteiger partial charge < -0.3 is 9.47 Å². The maximum absolute atomic E-state index is 12.5. The van der Waals surface area contributed by atoms with Crippen molar-refractivity contribution in [3.63, 3.8) is 0 Å². The van der Waals surface area contributed by atoms with Gasteiger partial charge in [-0.1, -0.05) is 84.9 Å². The SMILES string of the molecule is CC(C)(C)OC(=O)NC(=N)c1cccc(C(=C2c3ccccc3-c3ccccc32)c2cccc(C(=N)NC(=O)OC(C)(C)C)c2)c1. The van der Waals surface area contributed by atoms with Crippen LogP contribution in [0.5, 0.6) is 0 Å². The van der Waals surface area contributed by atoms with Crippen LogP contribution in [0.2, 0.25) is 0 Å². The summed E-state index contributed by atoms with van der Waals surface area (Å²) in [4.78, 5) is 25.0. The van der Waals surface area contributed by atoms with Gasteiger partial charge in [0, 0.05) is 11.1 Å². The summed E-state index contributed by atoms with van der Waals surface area (Å²) in [5.74, 6) is -0.186. The molecule has 0 spiro atoms. The molecule has 5 rings (SSSR count). The number of carbonyl (C=O) groups excluding carboxylic acids is 2. The molecule has 4 aromatic carbocycles. The minimum Gasteiger partial charge on any atom is -0.444 e. The summed E-state index contributed by atoms with van der Waals surface area (Å²) in [6, 6.07) is 31.3. The summed E-state index contributed by atoms with van der Waals surface area (Å²) in [7, 11) is 0.